The SMILES string of the molecule is CCOC(C)C[N-]C. The van der Waals surface area contributed by atoms with Crippen molar-refractivity contribution in [1.82, 2.24) is 0 Å². The third kappa shape index (κ3) is 4.09. The number of rotatable bonds is 4. The second-order valence-corrected chi connectivity index (χ2v) is 1.76. The molecule has 0 rings (SSSR count). The van der Waals surface area contributed by atoms with Gasteiger partial charge < -0.3 is 10.1 Å². The van der Waals surface area contributed by atoms with Crippen molar-refractivity contribution < 1.29 is 4.74 Å². The van der Waals surface area contributed by atoms with E-state index in [1.165, 1.54) is 0 Å². The normalized spacial score (nSPS) is 13.9. The fraction of sp³-hybridized carbons (Fsp3) is 1.00. The molecule has 0 N–H and O–H groups in total. The van der Waals surface area contributed by atoms with Crippen LogP contribution in [0, 0.1) is 0 Å². The van der Waals surface area contributed by atoms with Gasteiger partial charge in [0.25, 0.3) is 0 Å². The molecule has 0 aromatic carbocycles. The van der Waals surface area contributed by atoms with Crippen molar-refractivity contribution in [2.24, 2.45) is 0 Å². The second-order valence-electron chi connectivity index (χ2n) is 1.76. The Hall–Kier alpha value is -0.0800. The zero-order valence-corrected chi connectivity index (χ0v) is 5.85. The first kappa shape index (κ1) is 7.92. The van der Waals surface area contributed by atoms with E-state index in [9.17, 15) is 0 Å². The Morgan fingerprint density at radius 2 is 2.25 bits per heavy atom. The summed E-state index contributed by atoms with van der Waals surface area (Å²) in [6.45, 7) is 5.62. The van der Waals surface area contributed by atoms with Crippen LogP contribution in [0.5, 0.6) is 0 Å². The summed E-state index contributed by atoms with van der Waals surface area (Å²) < 4.78 is 5.19. The molecule has 0 saturated heterocycles. The Labute approximate surface area is 51.2 Å². The summed E-state index contributed by atoms with van der Waals surface area (Å²) >= 11 is 0. The minimum absolute atomic E-state index is 0.296. The minimum Gasteiger partial charge on any atom is -0.663 e. The van der Waals surface area contributed by atoms with Gasteiger partial charge in [-0.1, -0.05) is 0 Å². The molecule has 8 heavy (non-hydrogen) atoms. The maximum atomic E-state index is 5.19. The van der Waals surface area contributed by atoms with E-state index in [4.69, 9.17) is 4.74 Å². The fourth-order valence-electron chi connectivity index (χ4n) is 0.594. The molecule has 0 aromatic heterocycles. The number of nitrogens with zero attached hydrogens (tertiary/aromatic N) is 1. The van der Waals surface area contributed by atoms with Crippen molar-refractivity contribution in [3.8, 4) is 0 Å². The van der Waals surface area contributed by atoms with Gasteiger partial charge in [-0.25, -0.2) is 0 Å². The van der Waals surface area contributed by atoms with E-state index in [1.54, 1.807) is 7.05 Å². The summed E-state index contributed by atoms with van der Waals surface area (Å²) in [5.41, 5.74) is 0. The van der Waals surface area contributed by atoms with E-state index >= 15 is 0 Å². The topological polar surface area (TPSA) is 23.3 Å². The molecule has 0 radical (unpaired) electrons. The standard InChI is InChI=1S/C6H14NO/c1-4-8-6(2)5-7-3/h6H,4-5H2,1-3H3/q-1. The lowest BCUT2D eigenvalue weighted by Crippen LogP contribution is -2.11. The van der Waals surface area contributed by atoms with E-state index in [0.717, 1.165) is 13.2 Å². The van der Waals surface area contributed by atoms with E-state index in [2.05, 4.69) is 5.32 Å². The van der Waals surface area contributed by atoms with Gasteiger partial charge in [0, 0.05) is 12.7 Å². The molecular formula is C6H14NO-. The quantitative estimate of drug-likeness (QED) is 0.544. The van der Waals surface area contributed by atoms with E-state index in [0.29, 0.717) is 6.10 Å². The average Bonchev–Trinajstić information content (AvgIpc) is 1.68. The highest BCUT2D eigenvalue weighted by Crippen LogP contribution is 1.92. The molecular weight excluding hydrogens is 102 g/mol. The number of ether oxygens (including phenoxy) is 1. The molecule has 1 atom stereocenters. The third-order valence-electron chi connectivity index (χ3n) is 0.891. The number of hydrogen-bond acceptors (Lipinski definition) is 1. The van der Waals surface area contributed by atoms with Crippen LogP contribution in [0.3, 0.4) is 0 Å². The third-order valence-corrected chi connectivity index (χ3v) is 0.891. The molecule has 0 aliphatic rings. The Morgan fingerprint density at radius 3 is 2.62 bits per heavy atom. The van der Waals surface area contributed by atoms with Crippen LogP contribution in [0.25, 0.3) is 5.32 Å². The molecule has 2 nitrogen and oxygen atoms in total. The summed E-state index contributed by atoms with van der Waals surface area (Å²) in [6, 6.07) is 0. The van der Waals surface area contributed by atoms with Crippen LogP contribution in [-0.2, 0) is 4.74 Å². The van der Waals surface area contributed by atoms with Crippen LogP contribution in [0.1, 0.15) is 13.8 Å². The highest BCUT2D eigenvalue weighted by atomic mass is 16.5. The van der Waals surface area contributed by atoms with Gasteiger partial charge in [0.2, 0.25) is 0 Å². The van der Waals surface area contributed by atoms with Crippen LogP contribution in [-0.4, -0.2) is 26.3 Å². The summed E-state index contributed by atoms with van der Waals surface area (Å²) in [5, 5.41) is 3.93. The van der Waals surface area contributed by atoms with Gasteiger partial charge in [-0.2, -0.15) is 7.05 Å². The Morgan fingerprint density at radius 1 is 1.62 bits per heavy atom. The summed E-state index contributed by atoms with van der Waals surface area (Å²) in [4.78, 5) is 0. The molecule has 0 fully saturated rings. The molecule has 2 heteroatoms. The first-order chi connectivity index (χ1) is 3.81. The zero-order chi connectivity index (χ0) is 6.41. The zero-order valence-electron chi connectivity index (χ0n) is 5.85. The molecule has 0 aliphatic carbocycles. The van der Waals surface area contributed by atoms with Crippen molar-refractivity contribution >= 4 is 0 Å². The van der Waals surface area contributed by atoms with Crippen LogP contribution >= 0.6 is 0 Å². The maximum absolute atomic E-state index is 5.19. The molecule has 0 aliphatic heterocycles. The number of hydrogen-bond donors (Lipinski definition) is 0. The van der Waals surface area contributed by atoms with Crippen molar-refractivity contribution in [2.45, 2.75) is 20.0 Å². The smallest absolute Gasteiger partial charge is 0.0440 e. The molecule has 0 heterocycles. The van der Waals surface area contributed by atoms with E-state index < -0.39 is 0 Å². The van der Waals surface area contributed by atoms with Gasteiger partial charge in [-0.3, -0.25) is 0 Å². The molecule has 0 spiro atoms. The largest absolute Gasteiger partial charge is 0.663 e. The van der Waals surface area contributed by atoms with Gasteiger partial charge in [-0.15, -0.1) is 6.54 Å². The first-order valence-corrected chi connectivity index (χ1v) is 2.98. The fourth-order valence-corrected chi connectivity index (χ4v) is 0.594. The van der Waals surface area contributed by atoms with Crippen molar-refractivity contribution in [3.63, 3.8) is 0 Å². The molecule has 0 amide bonds. The van der Waals surface area contributed by atoms with Crippen molar-refractivity contribution in [2.75, 3.05) is 20.2 Å². The lowest BCUT2D eigenvalue weighted by molar-refractivity contribution is 0.0868. The summed E-state index contributed by atoms with van der Waals surface area (Å²) in [7, 11) is 1.80. The number of likely N-dealkylation sites (N-methyl/N-ethyl adjacent to an activating group) is 1. The molecule has 50 valence electrons. The predicted molar refractivity (Wildman–Crippen MR) is 35.2 cm³/mol. The van der Waals surface area contributed by atoms with Crippen LogP contribution in [0.2, 0.25) is 0 Å². The lowest BCUT2D eigenvalue weighted by atomic mass is 10.4. The van der Waals surface area contributed by atoms with Crippen LogP contribution in [0.15, 0.2) is 0 Å². The van der Waals surface area contributed by atoms with Gasteiger partial charge >= 0.3 is 0 Å². The Bertz CT molecular complexity index is 41.8. The van der Waals surface area contributed by atoms with Gasteiger partial charge in [0.1, 0.15) is 0 Å². The minimum atomic E-state index is 0.296. The summed E-state index contributed by atoms with van der Waals surface area (Å²) in [6.07, 6.45) is 0.296. The highest BCUT2D eigenvalue weighted by Gasteiger charge is 1.88. The molecule has 0 saturated carbocycles. The van der Waals surface area contributed by atoms with E-state index in [-0.39, 0.29) is 0 Å². The summed E-state index contributed by atoms with van der Waals surface area (Å²) in [5.74, 6) is 0. The van der Waals surface area contributed by atoms with Gasteiger partial charge in [0.15, 0.2) is 0 Å². The monoisotopic (exact) mass is 116 g/mol. The van der Waals surface area contributed by atoms with Crippen molar-refractivity contribution in [1.29, 1.82) is 0 Å². The average molecular weight is 116 g/mol. The molecule has 0 bridgehead atoms. The molecule has 0 aromatic rings. The first-order valence-electron chi connectivity index (χ1n) is 2.98. The predicted octanol–water partition coefficient (Wildman–Crippen LogP) is 1.41. The molecule has 1 unspecified atom stereocenters. The van der Waals surface area contributed by atoms with Crippen molar-refractivity contribution in [3.05, 3.63) is 5.32 Å². The van der Waals surface area contributed by atoms with Crippen LogP contribution < -0.4 is 0 Å². The Kier molecular flexibility index (Phi) is 5.01. The Balaban J connectivity index is 2.92. The maximum Gasteiger partial charge on any atom is 0.0440 e. The highest BCUT2D eigenvalue weighted by molar-refractivity contribution is 4.73. The lowest BCUT2D eigenvalue weighted by Gasteiger charge is -2.18. The second kappa shape index (κ2) is 5.06. The van der Waals surface area contributed by atoms with E-state index in [1.807, 2.05) is 13.8 Å². The van der Waals surface area contributed by atoms with Gasteiger partial charge in [0.05, 0.1) is 0 Å². The van der Waals surface area contributed by atoms with Crippen LogP contribution in [0.4, 0.5) is 0 Å². The van der Waals surface area contributed by atoms with Gasteiger partial charge in [-0.05, 0) is 13.8 Å².